The van der Waals surface area contributed by atoms with Gasteiger partial charge in [0.2, 0.25) is 5.91 Å². The van der Waals surface area contributed by atoms with E-state index >= 15 is 0 Å². The Kier molecular flexibility index (Phi) is 5.96. The molecule has 0 spiro atoms. The summed E-state index contributed by atoms with van der Waals surface area (Å²) >= 11 is 0. The van der Waals surface area contributed by atoms with Crippen LogP contribution in [-0.2, 0) is 4.79 Å². The number of nitrogens with one attached hydrogen (secondary N) is 3. The molecule has 0 saturated heterocycles. The maximum absolute atomic E-state index is 12.0. The summed E-state index contributed by atoms with van der Waals surface area (Å²) in [6.07, 6.45) is 1.63. The lowest BCUT2D eigenvalue weighted by Gasteiger charge is -2.20. The Bertz CT molecular complexity index is 501. The highest BCUT2D eigenvalue weighted by Gasteiger charge is 2.14. The fourth-order valence-electron chi connectivity index (χ4n) is 1.58. The van der Waals surface area contributed by atoms with Gasteiger partial charge in [0.25, 0.3) is 5.91 Å². The summed E-state index contributed by atoms with van der Waals surface area (Å²) < 4.78 is 0. The number of benzene rings is 1. The molecule has 0 aliphatic rings. The standard InChI is InChI=1S/C16H23N3O2/c1-5-10-17-14(20)11-18-13-8-6-12(7-9-13)15(21)19-16(2,3)4/h5-9,18H,1,10-11H2,2-4H3,(H,17,20)(H,19,21). The van der Waals surface area contributed by atoms with Crippen molar-refractivity contribution in [1.82, 2.24) is 10.6 Å². The van der Waals surface area contributed by atoms with E-state index in [2.05, 4.69) is 22.5 Å². The molecular formula is C16H23N3O2. The highest BCUT2D eigenvalue weighted by Crippen LogP contribution is 2.10. The van der Waals surface area contributed by atoms with Gasteiger partial charge < -0.3 is 16.0 Å². The van der Waals surface area contributed by atoms with Crippen molar-refractivity contribution in [2.24, 2.45) is 0 Å². The average Bonchev–Trinajstić information content (AvgIpc) is 2.41. The highest BCUT2D eigenvalue weighted by atomic mass is 16.2. The van der Waals surface area contributed by atoms with Crippen LogP contribution in [0.15, 0.2) is 36.9 Å². The third-order valence-electron chi connectivity index (χ3n) is 2.53. The topological polar surface area (TPSA) is 70.2 Å². The fourth-order valence-corrected chi connectivity index (χ4v) is 1.58. The van der Waals surface area contributed by atoms with E-state index in [0.717, 1.165) is 5.69 Å². The van der Waals surface area contributed by atoms with Crippen molar-refractivity contribution in [3.05, 3.63) is 42.5 Å². The molecule has 5 nitrogen and oxygen atoms in total. The van der Waals surface area contributed by atoms with Crippen molar-refractivity contribution in [2.75, 3.05) is 18.4 Å². The van der Waals surface area contributed by atoms with Crippen molar-refractivity contribution >= 4 is 17.5 Å². The summed E-state index contributed by atoms with van der Waals surface area (Å²) in [6, 6.07) is 7.01. The average molecular weight is 289 g/mol. The van der Waals surface area contributed by atoms with Gasteiger partial charge in [-0.25, -0.2) is 0 Å². The number of hydrogen-bond donors (Lipinski definition) is 3. The van der Waals surface area contributed by atoms with Gasteiger partial charge in [-0.15, -0.1) is 6.58 Å². The molecule has 0 unspecified atom stereocenters. The molecular weight excluding hydrogens is 266 g/mol. The predicted octanol–water partition coefficient (Wildman–Crippen LogP) is 1.93. The number of rotatable bonds is 6. The van der Waals surface area contributed by atoms with Crippen molar-refractivity contribution in [3.63, 3.8) is 0 Å². The van der Waals surface area contributed by atoms with Crippen LogP contribution in [0.2, 0.25) is 0 Å². The van der Waals surface area contributed by atoms with E-state index in [1.807, 2.05) is 20.8 Å². The third kappa shape index (κ3) is 6.61. The number of hydrogen-bond acceptors (Lipinski definition) is 3. The quantitative estimate of drug-likeness (QED) is 0.701. The second kappa shape index (κ2) is 7.47. The van der Waals surface area contributed by atoms with Crippen molar-refractivity contribution in [3.8, 4) is 0 Å². The minimum atomic E-state index is -0.267. The molecule has 0 aromatic heterocycles. The monoisotopic (exact) mass is 289 g/mol. The third-order valence-corrected chi connectivity index (χ3v) is 2.53. The number of anilines is 1. The largest absolute Gasteiger partial charge is 0.376 e. The lowest BCUT2D eigenvalue weighted by Crippen LogP contribution is -2.40. The summed E-state index contributed by atoms with van der Waals surface area (Å²) in [5.41, 5.74) is 1.11. The zero-order chi connectivity index (χ0) is 15.9. The van der Waals surface area contributed by atoms with E-state index in [9.17, 15) is 9.59 Å². The Morgan fingerprint density at radius 1 is 1.19 bits per heavy atom. The Hall–Kier alpha value is -2.30. The van der Waals surface area contributed by atoms with Crippen LogP contribution in [0.4, 0.5) is 5.69 Å². The minimum Gasteiger partial charge on any atom is -0.376 e. The van der Waals surface area contributed by atoms with Gasteiger partial charge in [0, 0.05) is 23.3 Å². The molecule has 0 heterocycles. The molecule has 0 aliphatic heterocycles. The summed E-state index contributed by atoms with van der Waals surface area (Å²) in [5, 5.41) is 8.56. The lowest BCUT2D eigenvalue weighted by atomic mass is 10.1. The van der Waals surface area contributed by atoms with Gasteiger partial charge in [0.05, 0.1) is 6.54 Å². The van der Waals surface area contributed by atoms with E-state index in [-0.39, 0.29) is 23.9 Å². The van der Waals surface area contributed by atoms with Gasteiger partial charge in [0.15, 0.2) is 0 Å². The number of carbonyl (C=O) groups excluding carboxylic acids is 2. The molecule has 1 rings (SSSR count). The molecule has 0 atom stereocenters. The van der Waals surface area contributed by atoms with Crippen molar-refractivity contribution in [2.45, 2.75) is 26.3 Å². The normalized spacial score (nSPS) is 10.6. The molecule has 21 heavy (non-hydrogen) atoms. The summed E-state index contributed by atoms with van der Waals surface area (Å²) in [7, 11) is 0. The minimum absolute atomic E-state index is 0.107. The molecule has 0 radical (unpaired) electrons. The Labute approximate surface area is 125 Å². The second-order valence-electron chi connectivity index (χ2n) is 5.73. The number of carbonyl (C=O) groups is 2. The summed E-state index contributed by atoms with van der Waals surface area (Å²) in [6.45, 7) is 9.96. The zero-order valence-electron chi connectivity index (χ0n) is 12.8. The van der Waals surface area contributed by atoms with Gasteiger partial charge in [0.1, 0.15) is 0 Å². The highest BCUT2D eigenvalue weighted by molar-refractivity contribution is 5.95. The van der Waals surface area contributed by atoms with E-state index in [1.54, 1.807) is 30.3 Å². The van der Waals surface area contributed by atoms with Gasteiger partial charge in [-0.2, -0.15) is 0 Å². The predicted molar refractivity (Wildman–Crippen MR) is 85.4 cm³/mol. The molecule has 0 saturated carbocycles. The molecule has 2 amide bonds. The van der Waals surface area contributed by atoms with E-state index in [4.69, 9.17) is 0 Å². The molecule has 1 aromatic rings. The van der Waals surface area contributed by atoms with Gasteiger partial charge in [-0.1, -0.05) is 6.08 Å². The van der Waals surface area contributed by atoms with Crippen LogP contribution in [0.3, 0.4) is 0 Å². The van der Waals surface area contributed by atoms with E-state index in [0.29, 0.717) is 12.1 Å². The summed E-state index contributed by atoms with van der Waals surface area (Å²) in [4.78, 5) is 23.4. The van der Waals surface area contributed by atoms with Gasteiger partial charge in [-0.05, 0) is 45.0 Å². The first kappa shape index (κ1) is 16.8. The Morgan fingerprint density at radius 3 is 2.33 bits per heavy atom. The first-order valence-electron chi connectivity index (χ1n) is 6.86. The van der Waals surface area contributed by atoms with Crippen LogP contribution >= 0.6 is 0 Å². The van der Waals surface area contributed by atoms with Crippen LogP contribution in [-0.4, -0.2) is 30.4 Å². The smallest absolute Gasteiger partial charge is 0.251 e. The molecule has 0 aliphatic carbocycles. The van der Waals surface area contributed by atoms with Crippen LogP contribution in [0, 0.1) is 0 Å². The van der Waals surface area contributed by atoms with E-state index < -0.39 is 0 Å². The zero-order valence-corrected chi connectivity index (χ0v) is 12.8. The summed E-state index contributed by atoms with van der Waals surface area (Å²) in [5.74, 6) is -0.220. The van der Waals surface area contributed by atoms with E-state index in [1.165, 1.54) is 0 Å². The first-order valence-corrected chi connectivity index (χ1v) is 6.86. The maximum Gasteiger partial charge on any atom is 0.251 e. The van der Waals surface area contributed by atoms with Crippen LogP contribution in [0.1, 0.15) is 31.1 Å². The molecule has 3 N–H and O–H groups in total. The lowest BCUT2D eigenvalue weighted by molar-refractivity contribution is -0.119. The van der Waals surface area contributed by atoms with Gasteiger partial charge >= 0.3 is 0 Å². The van der Waals surface area contributed by atoms with Crippen LogP contribution < -0.4 is 16.0 Å². The number of amides is 2. The first-order chi connectivity index (χ1) is 9.81. The molecule has 1 aromatic carbocycles. The Morgan fingerprint density at radius 2 is 1.81 bits per heavy atom. The van der Waals surface area contributed by atoms with Crippen LogP contribution in [0.25, 0.3) is 0 Å². The fraction of sp³-hybridized carbons (Fsp3) is 0.375. The van der Waals surface area contributed by atoms with Crippen LogP contribution in [0.5, 0.6) is 0 Å². The van der Waals surface area contributed by atoms with Gasteiger partial charge in [-0.3, -0.25) is 9.59 Å². The SMILES string of the molecule is C=CCNC(=O)CNc1ccc(C(=O)NC(C)(C)C)cc1. The molecule has 0 fully saturated rings. The second-order valence-corrected chi connectivity index (χ2v) is 5.73. The maximum atomic E-state index is 12.0. The molecule has 5 heteroatoms. The Balaban J connectivity index is 2.52. The molecule has 114 valence electrons. The van der Waals surface area contributed by atoms with Crippen molar-refractivity contribution in [1.29, 1.82) is 0 Å². The van der Waals surface area contributed by atoms with Crippen molar-refractivity contribution < 1.29 is 9.59 Å². The molecule has 0 bridgehead atoms.